The molecule has 1 atom stereocenters. The fraction of sp³-hybridized carbons (Fsp3) is 0.538. The number of hydrogen-bond donors (Lipinski definition) is 1. The molecule has 0 saturated heterocycles. The van der Waals surface area contributed by atoms with Crippen molar-refractivity contribution in [2.24, 2.45) is 0 Å². The third kappa shape index (κ3) is 2.30. The van der Waals surface area contributed by atoms with E-state index in [0.717, 1.165) is 0 Å². The lowest BCUT2D eigenvalue weighted by Gasteiger charge is -2.18. The van der Waals surface area contributed by atoms with Crippen LogP contribution in [0.15, 0.2) is 22.3 Å². The molecule has 0 spiro atoms. The summed E-state index contributed by atoms with van der Waals surface area (Å²) in [6, 6.07) is 0. The summed E-state index contributed by atoms with van der Waals surface area (Å²) < 4.78 is 0. The molecule has 0 bridgehead atoms. The highest BCUT2D eigenvalue weighted by Crippen LogP contribution is 2.27. The van der Waals surface area contributed by atoms with Crippen LogP contribution in [-0.4, -0.2) is 22.8 Å². The van der Waals surface area contributed by atoms with Crippen molar-refractivity contribution in [1.29, 1.82) is 0 Å². The number of aliphatic hydroxyl groups is 1. The van der Waals surface area contributed by atoms with Gasteiger partial charge in [-0.3, -0.25) is 9.59 Å². The lowest BCUT2D eigenvalue weighted by Crippen LogP contribution is -2.21. The molecule has 1 aliphatic rings. The molecule has 0 aromatic heterocycles. The first-order valence-corrected chi connectivity index (χ1v) is 5.51. The highest BCUT2D eigenvalue weighted by molar-refractivity contribution is 6.24. The van der Waals surface area contributed by atoms with Crippen LogP contribution >= 0.6 is 0 Å². The molecule has 0 aromatic rings. The largest absolute Gasteiger partial charge is 0.393 e. The molecular formula is C13H18O3. The van der Waals surface area contributed by atoms with E-state index in [4.69, 9.17) is 0 Å². The quantitative estimate of drug-likeness (QED) is 0.742. The zero-order valence-electron chi connectivity index (χ0n) is 10.3. The van der Waals surface area contributed by atoms with E-state index < -0.39 is 6.10 Å². The lowest BCUT2D eigenvalue weighted by atomic mass is 9.84. The van der Waals surface area contributed by atoms with Crippen molar-refractivity contribution in [2.75, 3.05) is 0 Å². The van der Waals surface area contributed by atoms with Crippen molar-refractivity contribution in [3.05, 3.63) is 22.3 Å². The van der Waals surface area contributed by atoms with Crippen molar-refractivity contribution in [3.63, 3.8) is 0 Å². The van der Waals surface area contributed by atoms with Gasteiger partial charge in [0.15, 0.2) is 11.6 Å². The van der Waals surface area contributed by atoms with E-state index in [1.165, 1.54) is 0 Å². The SMILES string of the molecule is CC1=C(C)C(=O)C(CCC(C)O)=C(C)C1=O. The Morgan fingerprint density at radius 2 is 1.50 bits per heavy atom. The molecule has 1 aliphatic carbocycles. The molecule has 1 rings (SSSR count). The molecule has 16 heavy (non-hydrogen) atoms. The van der Waals surface area contributed by atoms with E-state index in [1.54, 1.807) is 27.7 Å². The number of hydrogen-bond acceptors (Lipinski definition) is 3. The van der Waals surface area contributed by atoms with E-state index in [0.29, 0.717) is 35.1 Å². The Hall–Kier alpha value is -1.22. The van der Waals surface area contributed by atoms with Crippen LogP contribution in [0.4, 0.5) is 0 Å². The zero-order chi connectivity index (χ0) is 12.5. The van der Waals surface area contributed by atoms with Gasteiger partial charge in [0, 0.05) is 22.3 Å². The zero-order valence-corrected chi connectivity index (χ0v) is 10.3. The number of carbonyl (C=O) groups is 2. The van der Waals surface area contributed by atoms with Gasteiger partial charge in [-0.1, -0.05) is 0 Å². The lowest BCUT2D eigenvalue weighted by molar-refractivity contribution is -0.116. The third-order valence-corrected chi connectivity index (χ3v) is 3.12. The molecule has 0 amide bonds. The van der Waals surface area contributed by atoms with Crippen LogP contribution < -0.4 is 0 Å². The summed E-state index contributed by atoms with van der Waals surface area (Å²) in [5.74, 6) is -0.0899. The van der Waals surface area contributed by atoms with Gasteiger partial charge in [-0.2, -0.15) is 0 Å². The summed E-state index contributed by atoms with van der Waals surface area (Å²) >= 11 is 0. The predicted molar refractivity (Wildman–Crippen MR) is 62.0 cm³/mol. The van der Waals surface area contributed by atoms with E-state index in [2.05, 4.69) is 0 Å². The minimum Gasteiger partial charge on any atom is -0.393 e. The molecule has 0 saturated carbocycles. The van der Waals surface area contributed by atoms with Gasteiger partial charge in [-0.15, -0.1) is 0 Å². The summed E-state index contributed by atoms with van der Waals surface area (Å²) in [4.78, 5) is 23.8. The molecule has 3 nitrogen and oxygen atoms in total. The Balaban J connectivity index is 3.00. The minimum atomic E-state index is -0.449. The highest BCUT2D eigenvalue weighted by Gasteiger charge is 2.27. The van der Waals surface area contributed by atoms with Gasteiger partial charge in [-0.25, -0.2) is 0 Å². The molecule has 0 aromatic carbocycles. The highest BCUT2D eigenvalue weighted by atomic mass is 16.3. The van der Waals surface area contributed by atoms with Gasteiger partial charge in [0.05, 0.1) is 6.10 Å². The summed E-state index contributed by atoms with van der Waals surface area (Å²) in [6.45, 7) is 6.74. The summed E-state index contributed by atoms with van der Waals surface area (Å²) in [5.41, 5.74) is 2.18. The number of rotatable bonds is 3. The monoisotopic (exact) mass is 222 g/mol. The second-order valence-electron chi connectivity index (χ2n) is 4.40. The molecule has 1 unspecified atom stereocenters. The number of aliphatic hydroxyl groups excluding tert-OH is 1. The van der Waals surface area contributed by atoms with Crippen LogP contribution in [0.25, 0.3) is 0 Å². The first-order valence-electron chi connectivity index (χ1n) is 5.51. The summed E-state index contributed by atoms with van der Waals surface area (Å²) in [5, 5.41) is 9.21. The number of allylic oxidation sites excluding steroid dienone is 4. The van der Waals surface area contributed by atoms with Crippen LogP contribution in [0, 0.1) is 0 Å². The van der Waals surface area contributed by atoms with Crippen LogP contribution in [-0.2, 0) is 9.59 Å². The molecule has 1 N–H and O–H groups in total. The molecule has 0 fully saturated rings. The van der Waals surface area contributed by atoms with Crippen LogP contribution in [0.5, 0.6) is 0 Å². The first kappa shape index (κ1) is 12.8. The van der Waals surface area contributed by atoms with E-state index >= 15 is 0 Å². The van der Waals surface area contributed by atoms with Crippen molar-refractivity contribution in [1.82, 2.24) is 0 Å². The molecule has 3 heteroatoms. The maximum absolute atomic E-state index is 12.0. The van der Waals surface area contributed by atoms with Crippen molar-refractivity contribution >= 4 is 11.6 Å². The number of ketones is 2. The molecule has 0 heterocycles. The Kier molecular flexibility index (Phi) is 3.81. The van der Waals surface area contributed by atoms with Crippen molar-refractivity contribution < 1.29 is 14.7 Å². The van der Waals surface area contributed by atoms with Gasteiger partial charge in [0.1, 0.15) is 0 Å². The smallest absolute Gasteiger partial charge is 0.185 e. The van der Waals surface area contributed by atoms with Crippen LogP contribution in [0.3, 0.4) is 0 Å². The van der Waals surface area contributed by atoms with Gasteiger partial charge < -0.3 is 5.11 Å². The summed E-state index contributed by atoms with van der Waals surface area (Å²) in [6.07, 6.45) is 0.534. The third-order valence-electron chi connectivity index (χ3n) is 3.12. The standard InChI is InChI=1S/C13H18O3/c1-7(14)5-6-11-10(4)12(15)8(2)9(3)13(11)16/h7,14H,5-6H2,1-4H3. The molecule has 88 valence electrons. The fourth-order valence-electron chi connectivity index (χ4n) is 1.81. The maximum Gasteiger partial charge on any atom is 0.185 e. The van der Waals surface area contributed by atoms with Gasteiger partial charge in [0.25, 0.3) is 0 Å². The Morgan fingerprint density at radius 1 is 1.00 bits per heavy atom. The topological polar surface area (TPSA) is 54.4 Å². The number of carbonyl (C=O) groups excluding carboxylic acids is 2. The predicted octanol–water partition coefficient (Wildman–Crippen LogP) is 1.95. The fourth-order valence-corrected chi connectivity index (χ4v) is 1.81. The Bertz CT molecular complexity index is 397. The summed E-state index contributed by atoms with van der Waals surface area (Å²) in [7, 11) is 0. The van der Waals surface area contributed by atoms with Crippen LogP contribution in [0.1, 0.15) is 40.5 Å². The maximum atomic E-state index is 12.0. The second kappa shape index (κ2) is 4.74. The van der Waals surface area contributed by atoms with Gasteiger partial charge >= 0.3 is 0 Å². The molecule has 0 aliphatic heterocycles. The molecular weight excluding hydrogens is 204 g/mol. The Labute approximate surface area is 95.9 Å². The number of Topliss-reactive ketones (excluding diaryl/α,β-unsaturated/α-hetero) is 2. The van der Waals surface area contributed by atoms with E-state index in [1.807, 2.05) is 0 Å². The van der Waals surface area contributed by atoms with Crippen LogP contribution in [0.2, 0.25) is 0 Å². The van der Waals surface area contributed by atoms with E-state index in [-0.39, 0.29) is 11.6 Å². The van der Waals surface area contributed by atoms with Crippen molar-refractivity contribution in [2.45, 2.75) is 46.6 Å². The normalized spacial score (nSPS) is 19.6. The van der Waals surface area contributed by atoms with Gasteiger partial charge in [0.2, 0.25) is 0 Å². The van der Waals surface area contributed by atoms with Crippen molar-refractivity contribution in [3.8, 4) is 0 Å². The Morgan fingerprint density at radius 3 is 2.00 bits per heavy atom. The molecule has 0 radical (unpaired) electrons. The first-order chi connectivity index (χ1) is 7.36. The minimum absolute atomic E-state index is 0.0438. The second-order valence-corrected chi connectivity index (χ2v) is 4.40. The van der Waals surface area contributed by atoms with E-state index in [9.17, 15) is 14.7 Å². The average Bonchev–Trinajstić information content (AvgIpc) is 2.23. The van der Waals surface area contributed by atoms with Gasteiger partial charge in [-0.05, 0) is 40.5 Å². The average molecular weight is 222 g/mol.